The van der Waals surface area contributed by atoms with Crippen LogP contribution in [0.2, 0.25) is 0 Å². The minimum Gasteiger partial charge on any atom is -0.588 e. The Balaban J connectivity index is 1.61. The van der Waals surface area contributed by atoms with Crippen LogP contribution < -0.4 is 14.4 Å². The molecule has 1 atom stereocenters. The molecule has 9 nitrogen and oxygen atoms in total. The molecule has 0 radical (unpaired) electrons. The molecule has 228 valence electrons. The minimum absolute atomic E-state index is 0.00528. The van der Waals surface area contributed by atoms with Gasteiger partial charge in [0.2, 0.25) is 10.8 Å². The molecule has 1 aliphatic rings. The highest BCUT2D eigenvalue weighted by atomic mass is 32.2. The van der Waals surface area contributed by atoms with Crippen molar-refractivity contribution in [2.24, 2.45) is 7.05 Å². The number of benzene rings is 2. The molecule has 1 saturated heterocycles. The zero-order chi connectivity index (χ0) is 30.9. The van der Waals surface area contributed by atoms with E-state index in [9.17, 15) is 17.7 Å². The van der Waals surface area contributed by atoms with Gasteiger partial charge in [0.1, 0.15) is 28.9 Å². The SMILES string of the molecule is Cc1ccccc1-c1nc(N[S+]([O-])c2cnn(C)c2)nc(Oc2ccc(N3CCN(C)CC3)cc2)c1C(F)(F)C(F)(F)F. The van der Waals surface area contributed by atoms with E-state index in [2.05, 4.69) is 29.6 Å². The molecule has 43 heavy (non-hydrogen) atoms. The highest BCUT2D eigenvalue weighted by Crippen LogP contribution is 2.51. The fraction of sp³-hybridized carbons (Fsp3) is 0.321. The summed E-state index contributed by atoms with van der Waals surface area (Å²) < 4.78 is 94.9. The molecule has 0 aliphatic carbocycles. The quantitative estimate of drug-likeness (QED) is 0.203. The van der Waals surface area contributed by atoms with Crippen LogP contribution in [0.15, 0.2) is 65.8 Å². The fourth-order valence-corrected chi connectivity index (χ4v) is 5.32. The number of halogens is 5. The van der Waals surface area contributed by atoms with Crippen LogP contribution in [0.4, 0.5) is 33.6 Å². The van der Waals surface area contributed by atoms with Gasteiger partial charge in [-0.25, -0.2) is 4.98 Å². The van der Waals surface area contributed by atoms with Crippen molar-refractivity contribution in [1.82, 2.24) is 24.6 Å². The Morgan fingerprint density at radius 1 is 0.930 bits per heavy atom. The van der Waals surface area contributed by atoms with Crippen molar-refractivity contribution in [2.75, 3.05) is 42.8 Å². The molecule has 5 rings (SSSR count). The van der Waals surface area contributed by atoms with E-state index >= 15 is 8.78 Å². The number of hydrogen-bond acceptors (Lipinski definition) is 8. The number of rotatable bonds is 8. The predicted octanol–water partition coefficient (Wildman–Crippen LogP) is 5.52. The van der Waals surface area contributed by atoms with Gasteiger partial charge in [0, 0.05) is 44.5 Å². The van der Waals surface area contributed by atoms with Gasteiger partial charge in [-0.05, 0) is 43.8 Å². The summed E-state index contributed by atoms with van der Waals surface area (Å²) in [5, 5.41) is 3.94. The highest BCUT2D eigenvalue weighted by Gasteiger charge is 2.62. The summed E-state index contributed by atoms with van der Waals surface area (Å²) in [6.07, 6.45) is -3.25. The summed E-state index contributed by atoms with van der Waals surface area (Å²) in [7, 11) is 3.62. The van der Waals surface area contributed by atoms with E-state index in [0.29, 0.717) is 5.56 Å². The van der Waals surface area contributed by atoms with Crippen molar-refractivity contribution < 1.29 is 31.2 Å². The zero-order valence-corrected chi connectivity index (χ0v) is 24.2. The van der Waals surface area contributed by atoms with E-state index in [4.69, 9.17) is 4.74 Å². The van der Waals surface area contributed by atoms with Gasteiger partial charge in [0.05, 0.1) is 11.9 Å². The number of aromatic nitrogens is 4. The van der Waals surface area contributed by atoms with Gasteiger partial charge in [-0.2, -0.15) is 36.8 Å². The van der Waals surface area contributed by atoms with Gasteiger partial charge in [-0.3, -0.25) is 4.68 Å². The number of hydrogen-bond donors (Lipinski definition) is 1. The van der Waals surface area contributed by atoms with Gasteiger partial charge in [0.25, 0.3) is 5.95 Å². The van der Waals surface area contributed by atoms with Crippen LogP contribution in [0.5, 0.6) is 11.6 Å². The second-order valence-electron chi connectivity index (χ2n) is 10.1. The Bertz CT molecular complexity index is 1570. The van der Waals surface area contributed by atoms with Crippen LogP contribution in [-0.2, 0) is 24.3 Å². The van der Waals surface area contributed by atoms with E-state index in [0.717, 1.165) is 31.9 Å². The van der Waals surface area contributed by atoms with Crippen molar-refractivity contribution in [1.29, 1.82) is 0 Å². The average Bonchev–Trinajstić information content (AvgIpc) is 3.40. The van der Waals surface area contributed by atoms with Gasteiger partial charge in [-0.1, -0.05) is 24.3 Å². The van der Waals surface area contributed by atoms with Gasteiger partial charge >= 0.3 is 12.1 Å². The minimum atomic E-state index is -6.00. The molecule has 1 fully saturated rings. The molecule has 3 heterocycles. The molecule has 1 aliphatic heterocycles. The first-order valence-electron chi connectivity index (χ1n) is 13.1. The molecule has 0 bridgehead atoms. The number of piperazine rings is 1. The third-order valence-electron chi connectivity index (χ3n) is 6.94. The summed E-state index contributed by atoms with van der Waals surface area (Å²) in [5.74, 6) is -6.94. The van der Waals surface area contributed by atoms with Gasteiger partial charge in [-0.15, -0.1) is 0 Å². The number of nitrogens with zero attached hydrogens (tertiary/aromatic N) is 6. The summed E-state index contributed by atoms with van der Waals surface area (Å²) in [4.78, 5) is 12.4. The van der Waals surface area contributed by atoms with Crippen LogP contribution in [0.25, 0.3) is 11.3 Å². The van der Waals surface area contributed by atoms with E-state index < -0.39 is 46.5 Å². The van der Waals surface area contributed by atoms with Crippen molar-refractivity contribution in [3.8, 4) is 22.9 Å². The second kappa shape index (κ2) is 12.0. The predicted molar refractivity (Wildman–Crippen MR) is 152 cm³/mol. The summed E-state index contributed by atoms with van der Waals surface area (Å²) in [5.41, 5.74) is -1.06. The first-order chi connectivity index (χ1) is 20.3. The van der Waals surface area contributed by atoms with Gasteiger partial charge < -0.3 is 19.1 Å². The molecular formula is C28H28F5N7O2S. The van der Waals surface area contributed by atoms with Crippen molar-refractivity contribution in [2.45, 2.75) is 23.9 Å². The van der Waals surface area contributed by atoms with Crippen molar-refractivity contribution in [3.05, 3.63) is 72.1 Å². The van der Waals surface area contributed by atoms with Crippen molar-refractivity contribution >= 4 is 23.0 Å². The van der Waals surface area contributed by atoms with Crippen LogP contribution in [0.1, 0.15) is 11.1 Å². The lowest BCUT2D eigenvalue weighted by Crippen LogP contribution is -2.44. The lowest BCUT2D eigenvalue weighted by atomic mass is 9.98. The second-order valence-corrected chi connectivity index (χ2v) is 11.3. The van der Waals surface area contributed by atoms with Crippen LogP contribution >= 0.6 is 0 Å². The Morgan fingerprint density at radius 3 is 2.21 bits per heavy atom. The normalized spacial score (nSPS) is 15.4. The number of alkyl halides is 5. The molecule has 4 aromatic rings. The number of nitrogens with one attached hydrogen (secondary N) is 1. The van der Waals surface area contributed by atoms with Crippen molar-refractivity contribution in [3.63, 3.8) is 0 Å². The highest BCUT2D eigenvalue weighted by molar-refractivity contribution is 7.92. The molecule has 0 spiro atoms. The van der Waals surface area contributed by atoms with E-state index in [1.165, 1.54) is 41.3 Å². The molecular weight excluding hydrogens is 593 g/mol. The maximum Gasteiger partial charge on any atom is 0.458 e. The zero-order valence-electron chi connectivity index (χ0n) is 23.4. The average molecular weight is 622 g/mol. The summed E-state index contributed by atoms with van der Waals surface area (Å²) in [6.45, 7) is 4.80. The fourth-order valence-electron chi connectivity index (χ4n) is 4.56. The molecule has 0 saturated carbocycles. The van der Waals surface area contributed by atoms with E-state index in [-0.39, 0.29) is 16.2 Å². The Kier molecular flexibility index (Phi) is 8.49. The third kappa shape index (κ3) is 6.53. The lowest BCUT2D eigenvalue weighted by Gasteiger charge is -2.34. The number of ether oxygens (including phenoxy) is 1. The molecule has 2 aromatic carbocycles. The topological polar surface area (TPSA) is 94.4 Å². The number of likely N-dealkylation sites (N-methyl/N-ethyl adjacent to an activating group) is 1. The molecule has 1 unspecified atom stereocenters. The van der Waals surface area contributed by atoms with Gasteiger partial charge in [0.15, 0.2) is 0 Å². The number of aryl methyl sites for hydroxylation is 2. The maximum atomic E-state index is 15.3. The Hall–Kier alpha value is -3.95. The monoisotopic (exact) mass is 621 g/mol. The summed E-state index contributed by atoms with van der Waals surface area (Å²) >= 11 is -2.02. The van der Waals surface area contributed by atoms with E-state index in [1.807, 2.05) is 7.05 Å². The first kappa shape index (κ1) is 30.5. The molecule has 15 heteroatoms. The third-order valence-corrected chi connectivity index (χ3v) is 7.95. The Labute approximate surface area is 247 Å². The maximum absolute atomic E-state index is 15.3. The lowest BCUT2D eigenvalue weighted by molar-refractivity contribution is -0.289. The number of anilines is 2. The first-order valence-corrected chi connectivity index (χ1v) is 14.3. The largest absolute Gasteiger partial charge is 0.588 e. The Morgan fingerprint density at radius 2 is 1.60 bits per heavy atom. The molecule has 2 aromatic heterocycles. The van der Waals surface area contributed by atoms with Crippen LogP contribution in [0, 0.1) is 6.92 Å². The van der Waals surface area contributed by atoms with Crippen LogP contribution in [0.3, 0.4) is 0 Å². The smallest absolute Gasteiger partial charge is 0.458 e. The summed E-state index contributed by atoms with van der Waals surface area (Å²) in [6, 6.07) is 12.3. The van der Waals surface area contributed by atoms with Crippen LogP contribution in [-0.4, -0.2) is 68.6 Å². The molecule has 1 N–H and O–H groups in total. The molecule has 0 amide bonds. The van der Waals surface area contributed by atoms with E-state index in [1.54, 1.807) is 38.2 Å². The standard InChI is InChI=1S/C28H28F5N7O2S/c1-18-6-4-5-7-22(18)24-23(27(29,30)28(31,32)33)25(36-26(35-24)37-43(41)21-16-34-39(3)17-21)42-20-10-8-19(9-11-20)40-14-12-38(2)13-15-40/h4-11,16-17H,12-15H2,1-3H3,(H,35,36,37).